The fraction of sp³-hybridized carbons (Fsp3) is 0.533. The van der Waals surface area contributed by atoms with E-state index in [1.165, 1.54) is 32.1 Å². The van der Waals surface area contributed by atoms with Crippen LogP contribution in [0.3, 0.4) is 0 Å². The zero-order chi connectivity index (χ0) is 27.5. The Kier molecular flexibility index (Phi) is 11.3. The van der Waals surface area contributed by atoms with Gasteiger partial charge in [0.1, 0.15) is 0 Å². The fourth-order valence-electron chi connectivity index (χ4n) is 5.27. The molecular formula is C30H41N3O6. The van der Waals surface area contributed by atoms with Crippen LogP contribution in [0.25, 0.3) is 0 Å². The van der Waals surface area contributed by atoms with E-state index in [4.69, 9.17) is 14.7 Å². The molecule has 2 aromatic carbocycles. The van der Waals surface area contributed by atoms with Crippen LogP contribution in [0.1, 0.15) is 86.9 Å². The van der Waals surface area contributed by atoms with Gasteiger partial charge in [0.15, 0.2) is 6.29 Å². The van der Waals surface area contributed by atoms with Crippen LogP contribution in [0, 0.1) is 0 Å². The van der Waals surface area contributed by atoms with Crippen LogP contribution in [0.15, 0.2) is 48.5 Å². The topological polar surface area (TPSA) is 120 Å². The molecule has 4 N–H and O–H groups in total. The number of ether oxygens (including phenoxy) is 2. The van der Waals surface area contributed by atoms with Crippen molar-refractivity contribution in [3.8, 4) is 0 Å². The molecule has 2 amide bonds. The van der Waals surface area contributed by atoms with E-state index < -0.39 is 12.2 Å². The molecular weight excluding hydrogens is 498 g/mol. The second-order valence-corrected chi connectivity index (χ2v) is 10.5. The van der Waals surface area contributed by atoms with E-state index >= 15 is 0 Å². The van der Waals surface area contributed by atoms with Gasteiger partial charge in [-0.05, 0) is 55.6 Å². The van der Waals surface area contributed by atoms with E-state index in [2.05, 4.69) is 10.2 Å². The number of carbonyl (C=O) groups excluding carboxylic acids is 2. The molecule has 0 aliphatic carbocycles. The molecule has 2 aromatic rings. The van der Waals surface area contributed by atoms with E-state index in [-0.39, 0.29) is 37.6 Å². The van der Waals surface area contributed by atoms with Gasteiger partial charge < -0.3 is 24.8 Å². The van der Waals surface area contributed by atoms with Crippen LogP contribution >= 0.6 is 0 Å². The van der Waals surface area contributed by atoms with Crippen molar-refractivity contribution in [3.63, 3.8) is 0 Å². The second-order valence-electron chi connectivity index (χ2n) is 10.5. The smallest absolute Gasteiger partial charge is 0.243 e. The SMILES string of the molecule is O=C(CCCC(=O)Nc1cccc(C2OC(CN3CCCCCCC3)CC(c3ccc(CO)cc3)O2)c1)NO. The first kappa shape index (κ1) is 29.2. The highest BCUT2D eigenvalue weighted by molar-refractivity contribution is 5.91. The monoisotopic (exact) mass is 539 g/mol. The summed E-state index contributed by atoms with van der Waals surface area (Å²) in [7, 11) is 0. The average Bonchev–Trinajstić information content (AvgIpc) is 2.94. The molecule has 0 aromatic heterocycles. The van der Waals surface area contributed by atoms with Gasteiger partial charge in [0.2, 0.25) is 11.8 Å². The number of nitrogens with one attached hydrogen (secondary N) is 2. The summed E-state index contributed by atoms with van der Waals surface area (Å²) < 4.78 is 13.0. The van der Waals surface area contributed by atoms with E-state index in [0.717, 1.165) is 42.7 Å². The Labute approximate surface area is 230 Å². The minimum absolute atomic E-state index is 0.00225. The molecule has 2 saturated heterocycles. The molecule has 0 bridgehead atoms. The van der Waals surface area contributed by atoms with E-state index in [1.54, 1.807) is 5.48 Å². The number of aliphatic hydroxyl groups is 1. The first-order chi connectivity index (χ1) is 19.0. The van der Waals surface area contributed by atoms with Crippen LogP contribution in [0.4, 0.5) is 5.69 Å². The van der Waals surface area contributed by atoms with Gasteiger partial charge in [-0.2, -0.15) is 0 Å². The third-order valence-electron chi connectivity index (χ3n) is 7.40. The van der Waals surface area contributed by atoms with Crippen LogP contribution in [0.5, 0.6) is 0 Å². The molecule has 4 rings (SSSR count). The maximum atomic E-state index is 12.4. The van der Waals surface area contributed by atoms with Gasteiger partial charge in [-0.1, -0.05) is 55.7 Å². The Balaban J connectivity index is 1.46. The number of amides is 2. The number of hydroxylamine groups is 1. The molecule has 3 unspecified atom stereocenters. The van der Waals surface area contributed by atoms with Crippen LogP contribution < -0.4 is 10.8 Å². The largest absolute Gasteiger partial charge is 0.392 e. The van der Waals surface area contributed by atoms with Crippen LogP contribution in [0.2, 0.25) is 0 Å². The first-order valence-corrected chi connectivity index (χ1v) is 14.1. The highest BCUT2D eigenvalue weighted by Crippen LogP contribution is 2.38. The van der Waals surface area contributed by atoms with Gasteiger partial charge in [0.05, 0.1) is 18.8 Å². The zero-order valence-corrected chi connectivity index (χ0v) is 22.5. The number of carbonyl (C=O) groups is 2. The number of benzene rings is 2. The third kappa shape index (κ3) is 9.12. The number of hydrogen-bond acceptors (Lipinski definition) is 7. The van der Waals surface area contributed by atoms with Gasteiger partial charge in [0, 0.05) is 37.1 Å². The molecule has 212 valence electrons. The standard InChI is InChI=1S/C30H41N3O6/c34-21-22-12-14-23(15-13-22)27-19-26(20-33-16-4-2-1-3-5-17-33)38-30(39-27)24-8-6-9-25(18-24)31-28(35)10-7-11-29(36)32-37/h6,8-9,12-15,18,26-27,30,34,37H,1-5,7,10-11,16-17,19-21H2,(H,31,35)(H,32,36). The quantitative estimate of drug-likeness (QED) is 0.257. The molecule has 0 radical (unpaired) electrons. The van der Waals surface area contributed by atoms with E-state index in [0.29, 0.717) is 12.1 Å². The number of likely N-dealkylation sites (tertiary alicyclic amines) is 1. The average molecular weight is 540 g/mol. The molecule has 39 heavy (non-hydrogen) atoms. The number of rotatable bonds is 10. The number of aliphatic hydroxyl groups excluding tert-OH is 1. The van der Waals surface area contributed by atoms with Crippen molar-refractivity contribution >= 4 is 17.5 Å². The maximum absolute atomic E-state index is 12.4. The minimum atomic E-state index is -0.592. The number of nitrogens with zero attached hydrogens (tertiary/aromatic N) is 1. The van der Waals surface area contributed by atoms with Gasteiger partial charge in [-0.25, -0.2) is 5.48 Å². The molecule has 2 heterocycles. The van der Waals surface area contributed by atoms with E-state index in [9.17, 15) is 14.7 Å². The van der Waals surface area contributed by atoms with Crippen molar-refractivity contribution in [1.82, 2.24) is 10.4 Å². The van der Waals surface area contributed by atoms with Gasteiger partial charge in [-0.3, -0.25) is 14.8 Å². The normalized spacial score (nSPS) is 22.5. The number of hydrogen-bond donors (Lipinski definition) is 4. The Hall–Kier alpha value is -2.82. The van der Waals surface area contributed by atoms with Crippen molar-refractivity contribution < 1.29 is 29.4 Å². The number of anilines is 1. The highest BCUT2D eigenvalue weighted by Gasteiger charge is 2.33. The minimum Gasteiger partial charge on any atom is -0.392 e. The molecule has 0 spiro atoms. The molecule has 3 atom stereocenters. The summed E-state index contributed by atoms with van der Waals surface area (Å²) in [5.41, 5.74) is 4.94. The Morgan fingerprint density at radius 1 is 0.897 bits per heavy atom. The van der Waals surface area contributed by atoms with Gasteiger partial charge in [-0.15, -0.1) is 0 Å². The molecule has 2 aliphatic rings. The van der Waals surface area contributed by atoms with Crippen LogP contribution in [-0.4, -0.2) is 52.8 Å². The lowest BCUT2D eigenvalue weighted by atomic mass is 9.99. The van der Waals surface area contributed by atoms with Gasteiger partial charge in [0.25, 0.3) is 0 Å². The highest BCUT2D eigenvalue weighted by atomic mass is 16.7. The molecule has 9 heteroatoms. The summed E-state index contributed by atoms with van der Waals surface area (Å²) in [6.45, 7) is 3.02. The van der Waals surface area contributed by atoms with Crippen molar-refractivity contribution in [3.05, 3.63) is 65.2 Å². The maximum Gasteiger partial charge on any atom is 0.243 e. The molecule has 2 fully saturated rings. The summed E-state index contributed by atoms with van der Waals surface area (Å²) in [6.07, 6.45) is 6.85. The lowest BCUT2D eigenvalue weighted by Gasteiger charge is -2.39. The van der Waals surface area contributed by atoms with E-state index in [1.807, 2.05) is 48.5 Å². The predicted molar refractivity (Wildman–Crippen MR) is 147 cm³/mol. The van der Waals surface area contributed by atoms with Crippen molar-refractivity contribution in [2.24, 2.45) is 0 Å². The van der Waals surface area contributed by atoms with Crippen molar-refractivity contribution in [2.75, 3.05) is 25.0 Å². The van der Waals surface area contributed by atoms with Crippen LogP contribution in [-0.2, 0) is 25.7 Å². The summed E-state index contributed by atoms with van der Waals surface area (Å²) >= 11 is 0. The summed E-state index contributed by atoms with van der Waals surface area (Å²) in [5, 5.41) is 20.9. The summed E-state index contributed by atoms with van der Waals surface area (Å²) in [4.78, 5) is 26.1. The summed E-state index contributed by atoms with van der Waals surface area (Å²) in [5.74, 6) is -0.720. The summed E-state index contributed by atoms with van der Waals surface area (Å²) in [6, 6.07) is 15.4. The first-order valence-electron chi connectivity index (χ1n) is 14.1. The lowest BCUT2D eigenvalue weighted by Crippen LogP contribution is -2.40. The third-order valence-corrected chi connectivity index (χ3v) is 7.40. The van der Waals surface area contributed by atoms with Crippen molar-refractivity contribution in [2.45, 2.75) is 82.9 Å². The zero-order valence-electron chi connectivity index (χ0n) is 22.5. The van der Waals surface area contributed by atoms with Gasteiger partial charge >= 0.3 is 0 Å². The second kappa shape index (κ2) is 15.1. The Bertz CT molecular complexity index is 1050. The Morgan fingerprint density at radius 3 is 2.33 bits per heavy atom. The Morgan fingerprint density at radius 2 is 1.62 bits per heavy atom. The molecule has 0 saturated carbocycles. The van der Waals surface area contributed by atoms with Crippen molar-refractivity contribution in [1.29, 1.82) is 0 Å². The predicted octanol–water partition coefficient (Wildman–Crippen LogP) is 4.60. The fourth-order valence-corrected chi connectivity index (χ4v) is 5.27. The molecule has 9 nitrogen and oxygen atoms in total. The lowest BCUT2D eigenvalue weighted by molar-refractivity contribution is -0.253. The molecule has 2 aliphatic heterocycles.